The molecule has 0 spiro atoms. The van der Waals surface area contributed by atoms with E-state index >= 15 is 0 Å². The molecule has 0 aliphatic heterocycles. The number of methoxy groups -OCH3 is 1. The van der Waals surface area contributed by atoms with Gasteiger partial charge in [-0.3, -0.25) is 9.71 Å². The van der Waals surface area contributed by atoms with Crippen LogP contribution in [0.15, 0.2) is 76.5 Å². The lowest BCUT2D eigenvalue weighted by molar-refractivity contribution is 0.416. The number of pyridine rings is 1. The Morgan fingerprint density at radius 1 is 0.811 bits per heavy atom. The number of ether oxygens (including phenoxy) is 1. The van der Waals surface area contributed by atoms with E-state index in [1.807, 2.05) is 0 Å². The molecule has 5 aromatic rings. The first-order chi connectivity index (χ1) is 17.7. The van der Waals surface area contributed by atoms with E-state index in [1.165, 1.54) is 34.6 Å². The van der Waals surface area contributed by atoms with Crippen molar-refractivity contribution in [3.63, 3.8) is 0 Å². The second-order valence-corrected chi connectivity index (χ2v) is 10.8. The predicted octanol–water partition coefficient (Wildman–Crippen LogP) is 6.60. The minimum Gasteiger partial charge on any atom is -0.496 e. The first kappa shape index (κ1) is 24.5. The molecule has 3 aromatic carbocycles. The van der Waals surface area contributed by atoms with Crippen LogP contribution >= 0.6 is 0 Å². The van der Waals surface area contributed by atoms with Crippen molar-refractivity contribution in [2.45, 2.75) is 32.6 Å². The SMILES string of the molecule is COc1cc(-c2cc(C)c(C)cc2C)c(C)cc1-c1nccc2cc(S(=O)(=O)Nc3ccon3)ccc12. The summed E-state index contributed by atoms with van der Waals surface area (Å²) in [4.78, 5) is 4.77. The highest BCUT2D eigenvalue weighted by Gasteiger charge is 2.19. The molecule has 0 unspecified atom stereocenters. The highest BCUT2D eigenvalue weighted by Crippen LogP contribution is 2.40. The Hall–Kier alpha value is -4.17. The largest absolute Gasteiger partial charge is 0.496 e. The van der Waals surface area contributed by atoms with Crippen LogP contribution in [0.3, 0.4) is 0 Å². The molecule has 5 rings (SSSR count). The molecule has 0 aliphatic rings. The highest BCUT2D eigenvalue weighted by molar-refractivity contribution is 7.92. The average Bonchev–Trinajstić information content (AvgIpc) is 3.38. The summed E-state index contributed by atoms with van der Waals surface area (Å²) in [5, 5.41) is 5.18. The summed E-state index contributed by atoms with van der Waals surface area (Å²) >= 11 is 0. The number of rotatable bonds is 6. The zero-order valence-corrected chi connectivity index (χ0v) is 22.1. The number of nitrogens with zero attached hydrogens (tertiary/aromatic N) is 2. The number of sulfonamides is 1. The maximum absolute atomic E-state index is 12.9. The quantitative estimate of drug-likeness (QED) is 0.275. The number of aromatic nitrogens is 2. The van der Waals surface area contributed by atoms with Gasteiger partial charge in [-0.15, -0.1) is 0 Å². The van der Waals surface area contributed by atoms with Gasteiger partial charge in [0.05, 0.1) is 17.7 Å². The van der Waals surface area contributed by atoms with Crippen molar-refractivity contribution in [1.82, 2.24) is 10.1 Å². The van der Waals surface area contributed by atoms with Gasteiger partial charge in [-0.25, -0.2) is 8.42 Å². The van der Waals surface area contributed by atoms with Crippen LogP contribution in [-0.4, -0.2) is 25.7 Å². The number of anilines is 1. The Morgan fingerprint density at radius 2 is 1.51 bits per heavy atom. The lowest BCUT2D eigenvalue weighted by Gasteiger charge is -2.17. The zero-order chi connectivity index (χ0) is 26.3. The van der Waals surface area contributed by atoms with Crippen LogP contribution in [0.1, 0.15) is 22.3 Å². The lowest BCUT2D eigenvalue weighted by atomic mass is 9.90. The second-order valence-electron chi connectivity index (χ2n) is 9.15. The van der Waals surface area contributed by atoms with Crippen LogP contribution in [-0.2, 0) is 10.0 Å². The van der Waals surface area contributed by atoms with Crippen molar-refractivity contribution < 1.29 is 17.7 Å². The number of hydrogen-bond donors (Lipinski definition) is 1. The minimum atomic E-state index is -3.84. The molecule has 0 bridgehead atoms. The van der Waals surface area contributed by atoms with E-state index in [0.717, 1.165) is 27.5 Å². The minimum absolute atomic E-state index is 0.115. The fraction of sp³-hybridized carbons (Fsp3) is 0.172. The van der Waals surface area contributed by atoms with Gasteiger partial charge in [-0.2, -0.15) is 0 Å². The molecule has 8 heteroatoms. The van der Waals surface area contributed by atoms with E-state index in [-0.39, 0.29) is 10.7 Å². The van der Waals surface area contributed by atoms with Gasteiger partial charge in [-0.05, 0) is 96.8 Å². The molecule has 0 fully saturated rings. The van der Waals surface area contributed by atoms with E-state index in [0.29, 0.717) is 11.4 Å². The van der Waals surface area contributed by atoms with Crippen molar-refractivity contribution in [1.29, 1.82) is 0 Å². The Morgan fingerprint density at radius 3 is 2.24 bits per heavy atom. The zero-order valence-electron chi connectivity index (χ0n) is 21.3. The normalized spacial score (nSPS) is 11.6. The van der Waals surface area contributed by atoms with Gasteiger partial charge in [0.15, 0.2) is 5.82 Å². The molecule has 37 heavy (non-hydrogen) atoms. The van der Waals surface area contributed by atoms with Gasteiger partial charge in [0.1, 0.15) is 12.0 Å². The fourth-order valence-electron chi connectivity index (χ4n) is 4.58. The molecule has 1 N–H and O–H groups in total. The van der Waals surface area contributed by atoms with E-state index in [4.69, 9.17) is 9.26 Å². The molecule has 0 saturated heterocycles. The predicted molar refractivity (Wildman–Crippen MR) is 145 cm³/mol. The smallest absolute Gasteiger partial charge is 0.263 e. The summed E-state index contributed by atoms with van der Waals surface area (Å²) < 4.78 is 38.7. The van der Waals surface area contributed by atoms with Crippen molar-refractivity contribution in [2.24, 2.45) is 0 Å². The number of aryl methyl sites for hydroxylation is 4. The van der Waals surface area contributed by atoms with Crippen LogP contribution in [0.2, 0.25) is 0 Å². The van der Waals surface area contributed by atoms with Crippen LogP contribution < -0.4 is 9.46 Å². The molecule has 2 heterocycles. The van der Waals surface area contributed by atoms with Gasteiger partial charge in [0.25, 0.3) is 10.0 Å². The number of hydrogen-bond acceptors (Lipinski definition) is 6. The number of nitrogens with one attached hydrogen (secondary N) is 1. The summed E-state index contributed by atoms with van der Waals surface area (Å²) in [6.45, 7) is 8.44. The Labute approximate surface area is 216 Å². The topological polar surface area (TPSA) is 94.3 Å². The van der Waals surface area contributed by atoms with Gasteiger partial charge in [-0.1, -0.05) is 23.4 Å². The van der Waals surface area contributed by atoms with Gasteiger partial charge in [0.2, 0.25) is 0 Å². The molecule has 7 nitrogen and oxygen atoms in total. The average molecular weight is 514 g/mol. The molecule has 0 radical (unpaired) electrons. The van der Waals surface area contributed by atoms with E-state index in [2.05, 4.69) is 66.8 Å². The van der Waals surface area contributed by atoms with Crippen molar-refractivity contribution in [2.75, 3.05) is 11.8 Å². The van der Waals surface area contributed by atoms with Crippen LogP contribution in [0.5, 0.6) is 5.75 Å². The monoisotopic (exact) mass is 513 g/mol. The summed E-state index contributed by atoms with van der Waals surface area (Å²) in [7, 11) is -2.19. The fourth-order valence-corrected chi connectivity index (χ4v) is 5.61. The van der Waals surface area contributed by atoms with Crippen LogP contribution in [0.4, 0.5) is 5.82 Å². The summed E-state index contributed by atoms with van der Waals surface area (Å²) in [6.07, 6.45) is 2.98. The molecular formula is C29H27N3O4S. The third-order valence-electron chi connectivity index (χ3n) is 6.66. The molecule has 0 saturated carbocycles. The summed E-state index contributed by atoms with van der Waals surface area (Å²) in [5.41, 5.74) is 8.64. The first-order valence-electron chi connectivity index (χ1n) is 11.8. The molecule has 2 aromatic heterocycles. The van der Waals surface area contributed by atoms with E-state index in [9.17, 15) is 8.42 Å². The first-order valence-corrected chi connectivity index (χ1v) is 13.3. The molecule has 188 valence electrons. The van der Waals surface area contributed by atoms with Crippen molar-refractivity contribution >= 4 is 26.6 Å². The lowest BCUT2D eigenvalue weighted by Crippen LogP contribution is -2.13. The maximum Gasteiger partial charge on any atom is 0.263 e. The second kappa shape index (κ2) is 9.37. The van der Waals surface area contributed by atoms with Crippen molar-refractivity contribution in [3.05, 3.63) is 89.3 Å². The van der Waals surface area contributed by atoms with Gasteiger partial charge in [0, 0.05) is 23.2 Å². The molecule has 0 amide bonds. The summed E-state index contributed by atoms with van der Waals surface area (Å²) in [5.74, 6) is 0.817. The highest BCUT2D eigenvalue weighted by atomic mass is 32.2. The van der Waals surface area contributed by atoms with E-state index in [1.54, 1.807) is 37.6 Å². The Balaban J connectivity index is 1.61. The van der Waals surface area contributed by atoms with Crippen LogP contribution in [0, 0.1) is 27.7 Å². The molecular weight excluding hydrogens is 486 g/mol. The number of benzene rings is 3. The Kier molecular flexibility index (Phi) is 6.21. The van der Waals surface area contributed by atoms with Gasteiger partial charge < -0.3 is 9.26 Å². The standard InChI is InChI=1S/C29H27N3O4S/c1-17-12-19(3)24(13-18(17)2)25-16-27(35-5)26(14-20(25)4)29-23-7-6-22(15-21(23)8-10-30-29)37(33,34)32-28-9-11-36-31-28/h6-16H,1-5H3,(H,31,32). The molecule has 0 atom stereocenters. The van der Waals surface area contributed by atoms with Crippen molar-refractivity contribution in [3.8, 4) is 28.1 Å². The Bertz CT molecular complexity index is 1740. The summed E-state index contributed by atoms with van der Waals surface area (Å²) in [6, 6.07) is 16.8. The third-order valence-corrected chi connectivity index (χ3v) is 8.01. The maximum atomic E-state index is 12.9. The third kappa shape index (κ3) is 4.56. The van der Waals surface area contributed by atoms with Gasteiger partial charge >= 0.3 is 0 Å². The number of fused-ring (bicyclic) bond motifs is 1. The van der Waals surface area contributed by atoms with E-state index < -0.39 is 10.0 Å². The van der Waals surface area contributed by atoms with Crippen LogP contribution in [0.25, 0.3) is 33.2 Å². The molecule has 0 aliphatic carbocycles.